The summed E-state index contributed by atoms with van der Waals surface area (Å²) in [5.41, 5.74) is 0.860. The van der Waals surface area contributed by atoms with Gasteiger partial charge >= 0.3 is 5.97 Å². The van der Waals surface area contributed by atoms with Crippen LogP contribution in [-0.2, 0) is 10.0 Å². The summed E-state index contributed by atoms with van der Waals surface area (Å²) in [6.45, 7) is 1.58. The number of carboxylic acids is 1. The molecule has 1 aromatic heterocycles. The van der Waals surface area contributed by atoms with Crippen molar-refractivity contribution in [2.45, 2.75) is 16.7 Å². The van der Waals surface area contributed by atoms with Crippen molar-refractivity contribution >= 4 is 44.8 Å². The highest BCUT2D eigenvalue weighted by Crippen LogP contribution is 2.31. The Morgan fingerprint density at radius 1 is 1.33 bits per heavy atom. The molecule has 112 valence electrons. The number of nitrogens with one attached hydrogen (secondary N) is 1. The Kier molecular flexibility index (Phi) is 4.60. The molecule has 0 amide bonds. The van der Waals surface area contributed by atoms with Gasteiger partial charge in [0.15, 0.2) is 0 Å². The molecule has 5 nitrogen and oxygen atoms in total. The third kappa shape index (κ3) is 3.22. The van der Waals surface area contributed by atoms with Crippen LogP contribution in [-0.4, -0.2) is 25.7 Å². The van der Waals surface area contributed by atoms with E-state index < -0.39 is 16.0 Å². The predicted molar refractivity (Wildman–Crippen MR) is 85.0 cm³/mol. The van der Waals surface area contributed by atoms with Gasteiger partial charge in [0.05, 0.1) is 5.69 Å². The summed E-state index contributed by atoms with van der Waals surface area (Å²) in [4.78, 5) is 11.6. The van der Waals surface area contributed by atoms with E-state index in [1.54, 1.807) is 25.1 Å². The predicted octanol–water partition coefficient (Wildman–Crippen LogP) is 3.28. The molecule has 2 rings (SSSR count). The molecule has 2 aromatic rings. The topological polar surface area (TPSA) is 83.5 Å². The summed E-state index contributed by atoms with van der Waals surface area (Å²) in [6, 6.07) is 6.96. The SMILES string of the molecule is CSc1ccccc1NS(=O)(=O)c1c(C)csc1C(=O)O. The molecule has 0 aliphatic heterocycles. The maximum atomic E-state index is 12.5. The fourth-order valence-corrected chi connectivity index (χ4v) is 5.17. The van der Waals surface area contributed by atoms with Crippen LogP contribution in [0.1, 0.15) is 15.2 Å². The van der Waals surface area contributed by atoms with Crippen molar-refractivity contribution in [3.63, 3.8) is 0 Å². The maximum absolute atomic E-state index is 12.5. The second kappa shape index (κ2) is 6.08. The summed E-state index contributed by atoms with van der Waals surface area (Å²) in [6.07, 6.45) is 1.84. The van der Waals surface area contributed by atoms with Gasteiger partial charge in [-0.25, -0.2) is 13.2 Å². The van der Waals surface area contributed by atoms with Gasteiger partial charge in [-0.1, -0.05) is 12.1 Å². The van der Waals surface area contributed by atoms with Gasteiger partial charge in [0.2, 0.25) is 0 Å². The van der Waals surface area contributed by atoms with Crippen LogP contribution in [0.3, 0.4) is 0 Å². The number of aromatic carboxylic acids is 1. The van der Waals surface area contributed by atoms with Crippen LogP contribution in [0, 0.1) is 6.92 Å². The number of aryl methyl sites for hydroxylation is 1. The number of anilines is 1. The monoisotopic (exact) mass is 343 g/mol. The largest absolute Gasteiger partial charge is 0.477 e. The first-order valence-corrected chi connectivity index (χ1v) is 9.43. The Labute approximate surface area is 131 Å². The standard InChI is InChI=1S/C13H13NO4S3/c1-8-7-20-11(13(15)16)12(8)21(17,18)14-9-5-3-4-6-10(9)19-2/h3-7,14H,1-2H3,(H,15,16). The van der Waals surface area contributed by atoms with Crippen LogP contribution in [0.2, 0.25) is 0 Å². The Hall–Kier alpha value is -1.51. The molecule has 0 spiro atoms. The number of benzene rings is 1. The maximum Gasteiger partial charge on any atom is 0.347 e. The zero-order valence-electron chi connectivity index (χ0n) is 11.3. The average molecular weight is 343 g/mol. The van der Waals surface area contributed by atoms with Gasteiger partial charge in [0.1, 0.15) is 9.77 Å². The summed E-state index contributed by atoms with van der Waals surface area (Å²) >= 11 is 2.32. The second-order valence-corrected chi connectivity index (χ2v) is 7.53. The Balaban J connectivity index is 2.49. The molecule has 2 N–H and O–H groups in total. The smallest absolute Gasteiger partial charge is 0.347 e. The quantitative estimate of drug-likeness (QED) is 0.814. The minimum atomic E-state index is -3.94. The van der Waals surface area contributed by atoms with Gasteiger partial charge in [-0.3, -0.25) is 4.72 Å². The van der Waals surface area contributed by atoms with E-state index in [-0.39, 0.29) is 9.77 Å². The molecule has 8 heteroatoms. The molecular formula is C13H13NO4S3. The number of rotatable bonds is 5. The Bertz CT molecular complexity index is 780. The Morgan fingerprint density at radius 2 is 2.00 bits per heavy atom. The molecule has 0 aliphatic rings. The first-order chi connectivity index (χ1) is 9.86. The summed E-state index contributed by atoms with van der Waals surface area (Å²) in [5.74, 6) is -1.24. The van der Waals surface area contributed by atoms with Gasteiger partial charge < -0.3 is 5.11 Å². The molecule has 0 unspecified atom stereocenters. The normalized spacial score (nSPS) is 11.3. The van der Waals surface area contributed by atoms with Crippen molar-refractivity contribution < 1.29 is 18.3 Å². The van der Waals surface area contributed by atoms with Crippen molar-refractivity contribution in [1.29, 1.82) is 0 Å². The fourth-order valence-electron chi connectivity index (χ4n) is 1.84. The second-order valence-electron chi connectivity index (χ2n) is 4.19. The molecule has 0 fully saturated rings. The van der Waals surface area contributed by atoms with E-state index in [2.05, 4.69) is 4.72 Å². The van der Waals surface area contributed by atoms with E-state index in [9.17, 15) is 13.2 Å². The van der Waals surface area contributed by atoms with Crippen LogP contribution in [0.25, 0.3) is 0 Å². The average Bonchev–Trinajstić information content (AvgIpc) is 2.82. The summed E-state index contributed by atoms with van der Waals surface area (Å²) in [5, 5.41) is 10.6. The highest BCUT2D eigenvalue weighted by Gasteiger charge is 2.27. The van der Waals surface area contributed by atoms with Crippen molar-refractivity contribution in [3.8, 4) is 0 Å². The van der Waals surface area contributed by atoms with Crippen LogP contribution in [0.4, 0.5) is 5.69 Å². The molecule has 0 bridgehead atoms. The van der Waals surface area contributed by atoms with E-state index in [1.807, 2.05) is 12.3 Å². The number of thiophene rings is 1. The van der Waals surface area contributed by atoms with Gasteiger partial charge in [0, 0.05) is 4.90 Å². The summed E-state index contributed by atoms with van der Waals surface area (Å²) in [7, 11) is -3.94. The zero-order chi connectivity index (χ0) is 15.6. The number of hydrogen-bond acceptors (Lipinski definition) is 5. The molecule has 0 atom stereocenters. The molecule has 1 heterocycles. The van der Waals surface area contributed by atoms with Gasteiger partial charge in [-0.15, -0.1) is 23.1 Å². The minimum Gasteiger partial charge on any atom is -0.477 e. The van der Waals surface area contributed by atoms with Crippen molar-refractivity contribution in [2.75, 3.05) is 11.0 Å². The number of carbonyl (C=O) groups is 1. The van der Waals surface area contributed by atoms with Gasteiger partial charge in [-0.05, 0) is 36.3 Å². The van der Waals surface area contributed by atoms with E-state index in [4.69, 9.17) is 5.11 Å². The molecule has 21 heavy (non-hydrogen) atoms. The first kappa shape index (κ1) is 15.9. The number of sulfonamides is 1. The van der Waals surface area contributed by atoms with Crippen LogP contribution < -0.4 is 4.72 Å². The molecule has 0 saturated carbocycles. The molecular weight excluding hydrogens is 330 g/mol. The summed E-state index contributed by atoms with van der Waals surface area (Å²) < 4.78 is 27.5. The van der Waals surface area contributed by atoms with Crippen molar-refractivity contribution in [1.82, 2.24) is 0 Å². The third-order valence-corrected chi connectivity index (χ3v) is 6.30. The first-order valence-electron chi connectivity index (χ1n) is 5.84. The van der Waals surface area contributed by atoms with Crippen molar-refractivity contribution in [3.05, 3.63) is 40.1 Å². The van der Waals surface area contributed by atoms with Crippen molar-refractivity contribution in [2.24, 2.45) is 0 Å². The number of para-hydroxylation sites is 1. The van der Waals surface area contributed by atoms with Crippen LogP contribution >= 0.6 is 23.1 Å². The van der Waals surface area contributed by atoms with Gasteiger partial charge in [0.25, 0.3) is 10.0 Å². The molecule has 1 aromatic carbocycles. The lowest BCUT2D eigenvalue weighted by molar-refractivity contribution is 0.0698. The Morgan fingerprint density at radius 3 is 2.62 bits per heavy atom. The third-order valence-electron chi connectivity index (χ3n) is 2.73. The van der Waals surface area contributed by atoms with E-state index in [1.165, 1.54) is 17.1 Å². The molecule has 0 radical (unpaired) electrons. The van der Waals surface area contributed by atoms with E-state index in [0.29, 0.717) is 11.3 Å². The van der Waals surface area contributed by atoms with Crippen LogP contribution in [0.15, 0.2) is 39.4 Å². The van der Waals surface area contributed by atoms with Crippen LogP contribution in [0.5, 0.6) is 0 Å². The minimum absolute atomic E-state index is 0.170. The molecule has 0 aliphatic carbocycles. The number of carboxylic acid groups (broad SMARTS) is 1. The number of thioether (sulfide) groups is 1. The lowest BCUT2D eigenvalue weighted by Gasteiger charge is -2.11. The highest BCUT2D eigenvalue weighted by molar-refractivity contribution is 7.99. The highest BCUT2D eigenvalue weighted by atomic mass is 32.2. The fraction of sp³-hybridized carbons (Fsp3) is 0.154. The lowest BCUT2D eigenvalue weighted by Crippen LogP contribution is -2.16. The van der Waals surface area contributed by atoms with Gasteiger partial charge in [-0.2, -0.15) is 0 Å². The molecule has 0 saturated heterocycles. The lowest BCUT2D eigenvalue weighted by atomic mass is 10.3. The zero-order valence-corrected chi connectivity index (χ0v) is 13.7. The van der Waals surface area contributed by atoms with E-state index in [0.717, 1.165) is 16.2 Å². The number of hydrogen-bond donors (Lipinski definition) is 2. The van der Waals surface area contributed by atoms with E-state index >= 15 is 0 Å².